The zero-order valence-electron chi connectivity index (χ0n) is 22.6. The van der Waals surface area contributed by atoms with Crippen molar-refractivity contribution >= 4 is 23.2 Å². The van der Waals surface area contributed by atoms with E-state index in [0.29, 0.717) is 17.8 Å². The summed E-state index contributed by atoms with van der Waals surface area (Å²) in [5.74, 6) is -0.170. The quantitative estimate of drug-likeness (QED) is 0.303. The second-order valence-electron chi connectivity index (χ2n) is 11.1. The van der Waals surface area contributed by atoms with E-state index < -0.39 is 0 Å². The molecule has 2 N–H and O–H groups in total. The molecule has 40 heavy (non-hydrogen) atoms. The normalized spacial score (nSPS) is 20.1. The molecule has 5 nitrogen and oxygen atoms in total. The van der Waals surface area contributed by atoms with Gasteiger partial charge in [-0.3, -0.25) is 9.59 Å². The van der Waals surface area contributed by atoms with Gasteiger partial charge in [0.1, 0.15) is 0 Å². The molecule has 4 aromatic carbocycles. The number of carbonyl (C=O) groups is 2. The summed E-state index contributed by atoms with van der Waals surface area (Å²) < 4.78 is 0. The summed E-state index contributed by atoms with van der Waals surface area (Å²) in [6.45, 7) is 0.576. The second-order valence-corrected chi connectivity index (χ2v) is 11.1. The molecule has 2 atom stereocenters. The number of hydrogen-bond acceptors (Lipinski definition) is 3. The fourth-order valence-electron chi connectivity index (χ4n) is 6.48. The van der Waals surface area contributed by atoms with E-state index in [4.69, 9.17) is 0 Å². The van der Waals surface area contributed by atoms with E-state index in [9.17, 15) is 14.7 Å². The van der Waals surface area contributed by atoms with Crippen LogP contribution in [-0.2, 0) is 17.6 Å². The molecule has 5 heteroatoms. The van der Waals surface area contributed by atoms with Crippen LogP contribution in [0.1, 0.15) is 47.2 Å². The van der Waals surface area contributed by atoms with Crippen molar-refractivity contribution in [1.82, 2.24) is 0 Å². The van der Waals surface area contributed by atoms with Crippen LogP contribution < -0.4 is 10.2 Å². The fraction of sp³-hybridized carbons (Fsp3) is 0.257. The number of benzene rings is 4. The maximum atomic E-state index is 13.7. The van der Waals surface area contributed by atoms with Crippen LogP contribution in [0.4, 0.5) is 11.4 Å². The Kier molecular flexibility index (Phi) is 7.23. The first-order valence-corrected chi connectivity index (χ1v) is 14.1. The minimum Gasteiger partial charge on any atom is -0.393 e. The van der Waals surface area contributed by atoms with E-state index in [0.717, 1.165) is 60.0 Å². The van der Waals surface area contributed by atoms with Gasteiger partial charge >= 0.3 is 0 Å². The van der Waals surface area contributed by atoms with Gasteiger partial charge < -0.3 is 15.3 Å². The second kappa shape index (κ2) is 11.1. The number of nitrogens with one attached hydrogen (secondary N) is 1. The number of anilines is 2. The molecular weight excluding hydrogens is 496 g/mol. The van der Waals surface area contributed by atoms with Crippen molar-refractivity contribution in [3.63, 3.8) is 0 Å². The van der Waals surface area contributed by atoms with Gasteiger partial charge in [-0.15, -0.1) is 0 Å². The van der Waals surface area contributed by atoms with Crippen LogP contribution in [0.3, 0.4) is 0 Å². The van der Waals surface area contributed by atoms with Crippen LogP contribution in [0.2, 0.25) is 0 Å². The predicted octanol–water partition coefficient (Wildman–Crippen LogP) is 6.66. The Morgan fingerprint density at radius 1 is 0.850 bits per heavy atom. The largest absolute Gasteiger partial charge is 0.393 e. The average molecular weight is 531 g/mol. The van der Waals surface area contributed by atoms with Crippen LogP contribution in [-0.4, -0.2) is 29.6 Å². The van der Waals surface area contributed by atoms with Gasteiger partial charge in [-0.2, -0.15) is 0 Å². The molecule has 1 aliphatic carbocycles. The zero-order chi connectivity index (χ0) is 27.5. The van der Waals surface area contributed by atoms with Gasteiger partial charge in [-0.25, -0.2) is 0 Å². The smallest absolute Gasteiger partial charge is 0.258 e. The topological polar surface area (TPSA) is 69.6 Å². The number of para-hydroxylation sites is 1. The summed E-state index contributed by atoms with van der Waals surface area (Å²) in [5, 5.41) is 13.8. The third-order valence-electron chi connectivity index (χ3n) is 8.63. The van der Waals surface area contributed by atoms with Gasteiger partial charge in [0, 0.05) is 28.9 Å². The highest BCUT2D eigenvalue weighted by Crippen LogP contribution is 2.47. The molecule has 2 aliphatic rings. The Balaban J connectivity index is 1.16. The number of nitrogens with zero attached hydrogens (tertiary/aromatic N) is 1. The van der Waals surface area contributed by atoms with Crippen molar-refractivity contribution < 1.29 is 14.7 Å². The van der Waals surface area contributed by atoms with Crippen molar-refractivity contribution in [3.05, 3.63) is 120 Å². The average Bonchev–Trinajstić information content (AvgIpc) is 3.24. The van der Waals surface area contributed by atoms with Crippen LogP contribution >= 0.6 is 0 Å². The van der Waals surface area contributed by atoms with E-state index in [2.05, 4.69) is 11.4 Å². The SMILES string of the molecule is O=C(Cc1ccccc1-c1ccccc1)Nc1ccc(C(=O)N2CCC3(CCCC3O)Cc3ccccc32)cc1. The van der Waals surface area contributed by atoms with E-state index in [1.54, 1.807) is 24.3 Å². The van der Waals surface area contributed by atoms with Gasteiger partial charge in [0.2, 0.25) is 5.91 Å². The molecule has 1 heterocycles. The summed E-state index contributed by atoms with van der Waals surface area (Å²) in [6, 6.07) is 33.2. The van der Waals surface area contributed by atoms with E-state index in [1.165, 1.54) is 0 Å². The van der Waals surface area contributed by atoms with Gasteiger partial charge in [-0.1, -0.05) is 79.2 Å². The Morgan fingerprint density at radius 3 is 2.35 bits per heavy atom. The van der Waals surface area contributed by atoms with Gasteiger partial charge in [-0.05, 0) is 78.3 Å². The molecular formula is C35H34N2O3. The third-order valence-corrected chi connectivity index (χ3v) is 8.63. The first-order valence-electron chi connectivity index (χ1n) is 14.1. The first-order chi connectivity index (χ1) is 19.5. The summed E-state index contributed by atoms with van der Waals surface area (Å²) in [5.41, 5.74) is 6.21. The zero-order valence-corrected chi connectivity index (χ0v) is 22.6. The highest BCUT2D eigenvalue weighted by molar-refractivity contribution is 6.07. The molecule has 0 bridgehead atoms. The van der Waals surface area contributed by atoms with Gasteiger partial charge in [0.15, 0.2) is 0 Å². The third kappa shape index (κ3) is 5.17. The molecule has 202 valence electrons. The molecule has 2 unspecified atom stereocenters. The molecule has 2 amide bonds. The highest BCUT2D eigenvalue weighted by atomic mass is 16.3. The number of aliphatic hydroxyl groups is 1. The van der Waals surface area contributed by atoms with Gasteiger partial charge in [0.25, 0.3) is 5.91 Å². The first kappa shape index (κ1) is 26.0. The maximum Gasteiger partial charge on any atom is 0.258 e. The fourth-order valence-corrected chi connectivity index (χ4v) is 6.48. The summed E-state index contributed by atoms with van der Waals surface area (Å²) in [4.78, 5) is 28.5. The molecule has 0 saturated heterocycles. The van der Waals surface area contributed by atoms with Crippen LogP contribution in [0.25, 0.3) is 11.1 Å². The molecule has 1 aliphatic heterocycles. The van der Waals surface area contributed by atoms with E-state index >= 15 is 0 Å². The minimum absolute atomic E-state index is 0.0633. The molecule has 4 aromatic rings. The van der Waals surface area contributed by atoms with Crippen LogP contribution in [0.5, 0.6) is 0 Å². The molecule has 0 radical (unpaired) electrons. The minimum atomic E-state index is -0.321. The number of carbonyl (C=O) groups excluding carboxylic acids is 2. The summed E-state index contributed by atoms with van der Waals surface area (Å²) in [6.07, 6.45) is 4.38. The Morgan fingerprint density at radius 2 is 1.57 bits per heavy atom. The monoisotopic (exact) mass is 530 g/mol. The van der Waals surface area contributed by atoms with Crippen molar-refractivity contribution in [2.24, 2.45) is 5.41 Å². The van der Waals surface area contributed by atoms with E-state index in [1.807, 2.05) is 77.7 Å². The molecule has 6 rings (SSSR count). The molecule has 1 saturated carbocycles. The lowest BCUT2D eigenvalue weighted by Crippen LogP contribution is -2.36. The van der Waals surface area contributed by atoms with Crippen LogP contribution in [0, 0.1) is 5.41 Å². The number of fused-ring (bicyclic) bond motifs is 1. The van der Waals surface area contributed by atoms with Crippen molar-refractivity contribution in [1.29, 1.82) is 0 Å². The Labute approximate surface area is 235 Å². The lowest BCUT2D eigenvalue weighted by Gasteiger charge is -2.31. The standard InChI is InChI=1S/C35H34N2O3/c38-32-15-8-20-35(32)21-22-37(31-14-7-5-12-28(31)24-35)34(40)26-16-18-29(19-17-26)36-33(39)23-27-11-4-6-13-30(27)25-9-2-1-3-10-25/h1-7,9-14,16-19,32,38H,8,15,20-24H2,(H,36,39). The van der Waals surface area contributed by atoms with E-state index in [-0.39, 0.29) is 29.8 Å². The number of rotatable bonds is 5. The van der Waals surface area contributed by atoms with Gasteiger partial charge in [0.05, 0.1) is 12.5 Å². The Bertz CT molecular complexity index is 1520. The maximum absolute atomic E-state index is 13.7. The van der Waals surface area contributed by atoms with Crippen molar-refractivity contribution in [2.45, 2.75) is 44.6 Å². The molecule has 0 aromatic heterocycles. The number of amides is 2. The summed E-state index contributed by atoms with van der Waals surface area (Å²) in [7, 11) is 0. The molecule has 1 spiro atoms. The summed E-state index contributed by atoms with van der Waals surface area (Å²) >= 11 is 0. The Hall–Kier alpha value is -4.22. The van der Waals surface area contributed by atoms with Crippen LogP contribution in [0.15, 0.2) is 103 Å². The number of aliphatic hydroxyl groups excluding tert-OH is 1. The van der Waals surface area contributed by atoms with Crippen molar-refractivity contribution in [2.75, 3.05) is 16.8 Å². The molecule has 1 fully saturated rings. The lowest BCUT2D eigenvalue weighted by molar-refractivity contribution is -0.115. The lowest BCUT2D eigenvalue weighted by atomic mass is 9.76. The predicted molar refractivity (Wildman–Crippen MR) is 159 cm³/mol. The van der Waals surface area contributed by atoms with Crippen molar-refractivity contribution in [3.8, 4) is 11.1 Å². The highest BCUT2D eigenvalue weighted by Gasteiger charge is 2.44. The number of hydrogen-bond donors (Lipinski definition) is 2.